The average molecular weight is 200 g/mol. The van der Waals surface area contributed by atoms with E-state index in [1.165, 1.54) is 5.01 Å². The zero-order chi connectivity index (χ0) is 9.52. The van der Waals surface area contributed by atoms with Crippen LogP contribution in [0.15, 0.2) is 11.6 Å². The molecule has 0 saturated heterocycles. The summed E-state index contributed by atoms with van der Waals surface area (Å²) in [7, 11) is 3.71. The largest absolute Gasteiger partial charge is 0.385 e. The molecule has 0 saturated carbocycles. The zero-order valence-electron chi connectivity index (χ0n) is 8.12. The molecule has 1 aromatic rings. The molecule has 0 fully saturated rings. The number of ether oxygens (including phenoxy) is 1. The third-order valence-corrected chi connectivity index (χ3v) is 2.79. The van der Waals surface area contributed by atoms with Crippen LogP contribution in [0.2, 0.25) is 0 Å². The third kappa shape index (κ3) is 3.85. The minimum Gasteiger partial charge on any atom is -0.385 e. The Kier molecular flexibility index (Phi) is 4.97. The molecule has 0 amide bonds. The summed E-state index contributed by atoms with van der Waals surface area (Å²) in [4.78, 5) is 4.25. The van der Waals surface area contributed by atoms with Crippen molar-refractivity contribution in [1.29, 1.82) is 0 Å². The van der Waals surface area contributed by atoms with Crippen molar-refractivity contribution >= 4 is 11.3 Å². The van der Waals surface area contributed by atoms with Gasteiger partial charge in [-0.1, -0.05) is 0 Å². The van der Waals surface area contributed by atoms with Crippen molar-refractivity contribution in [3.05, 3.63) is 16.6 Å². The Bertz CT molecular complexity index is 213. The normalized spacial score (nSPS) is 13.1. The Morgan fingerprint density at radius 2 is 2.54 bits per heavy atom. The smallest absolute Gasteiger partial charge is 0.0940 e. The summed E-state index contributed by atoms with van der Waals surface area (Å²) in [6.07, 6.45) is 3.88. The van der Waals surface area contributed by atoms with E-state index < -0.39 is 0 Å². The SMILES string of the molecule is CNC(CCOC)Cc1nccs1. The fourth-order valence-electron chi connectivity index (χ4n) is 1.17. The lowest BCUT2D eigenvalue weighted by molar-refractivity contribution is 0.184. The summed E-state index contributed by atoms with van der Waals surface area (Å²) in [6, 6.07) is 0.478. The average Bonchev–Trinajstić information content (AvgIpc) is 2.64. The highest BCUT2D eigenvalue weighted by atomic mass is 32.1. The number of rotatable bonds is 6. The predicted molar refractivity (Wildman–Crippen MR) is 55.2 cm³/mol. The summed E-state index contributed by atoms with van der Waals surface area (Å²) < 4.78 is 5.04. The Morgan fingerprint density at radius 3 is 3.08 bits per heavy atom. The number of nitrogens with one attached hydrogen (secondary N) is 1. The van der Waals surface area contributed by atoms with Gasteiger partial charge >= 0.3 is 0 Å². The molecule has 0 bridgehead atoms. The Hall–Kier alpha value is -0.450. The van der Waals surface area contributed by atoms with Crippen LogP contribution in [0.25, 0.3) is 0 Å². The first-order chi connectivity index (χ1) is 6.36. The molecule has 1 heterocycles. The molecule has 1 N–H and O–H groups in total. The highest BCUT2D eigenvalue weighted by Crippen LogP contribution is 2.08. The monoisotopic (exact) mass is 200 g/mol. The van der Waals surface area contributed by atoms with Gasteiger partial charge in [-0.05, 0) is 13.5 Å². The van der Waals surface area contributed by atoms with Crippen LogP contribution in [0.4, 0.5) is 0 Å². The summed E-state index contributed by atoms with van der Waals surface area (Å²) in [5.74, 6) is 0. The van der Waals surface area contributed by atoms with E-state index >= 15 is 0 Å². The number of nitrogens with zero attached hydrogens (tertiary/aromatic N) is 1. The maximum absolute atomic E-state index is 5.04. The molecule has 0 aliphatic rings. The number of hydrogen-bond acceptors (Lipinski definition) is 4. The second-order valence-electron chi connectivity index (χ2n) is 2.90. The Labute approximate surface area is 83.1 Å². The van der Waals surface area contributed by atoms with E-state index in [1.807, 2.05) is 18.6 Å². The Balaban J connectivity index is 2.31. The minimum absolute atomic E-state index is 0.478. The molecule has 74 valence electrons. The van der Waals surface area contributed by atoms with Crippen molar-refractivity contribution in [2.45, 2.75) is 18.9 Å². The molecule has 1 rings (SSSR count). The predicted octanol–water partition coefficient (Wildman–Crippen LogP) is 1.31. The van der Waals surface area contributed by atoms with Gasteiger partial charge in [0.05, 0.1) is 5.01 Å². The van der Waals surface area contributed by atoms with Gasteiger partial charge in [-0.25, -0.2) is 4.98 Å². The summed E-state index contributed by atoms with van der Waals surface area (Å²) in [5.41, 5.74) is 0. The molecular weight excluding hydrogens is 184 g/mol. The first-order valence-electron chi connectivity index (χ1n) is 4.41. The number of thiazole rings is 1. The van der Waals surface area contributed by atoms with Crippen LogP contribution < -0.4 is 5.32 Å². The summed E-state index contributed by atoms with van der Waals surface area (Å²) >= 11 is 1.71. The first-order valence-corrected chi connectivity index (χ1v) is 5.29. The second kappa shape index (κ2) is 6.07. The van der Waals surface area contributed by atoms with Crippen molar-refractivity contribution in [3.63, 3.8) is 0 Å². The summed E-state index contributed by atoms with van der Waals surface area (Å²) in [5, 5.41) is 6.46. The van der Waals surface area contributed by atoms with Gasteiger partial charge < -0.3 is 10.1 Å². The van der Waals surface area contributed by atoms with E-state index in [0.717, 1.165) is 19.4 Å². The van der Waals surface area contributed by atoms with E-state index in [0.29, 0.717) is 6.04 Å². The van der Waals surface area contributed by atoms with Gasteiger partial charge in [-0.3, -0.25) is 0 Å². The first kappa shape index (κ1) is 10.6. The lowest BCUT2D eigenvalue weighted by atomic mass is 10.1. The fraction of sp³-hybridized carbons (Fsp3) is 0.667. The van der Waals surface area contributed by atoms with Crippen molar-refractivity contribution < 1.29 is 4.74 Å². The van der Waals surface area contributed by atoms with Crippen LogP contribution in [0.3, 0.4) is 0 Å². The molecule has 4 heteroatoms. The van der Waals surface area contributed by atoms with Crippen LogP contribution in [-0.2, 0) is 11.2 Å². The van der Waals surface area contributed by atoms with E-state index in [4.69, 9.17) is 4.74 Å². The summed E-state index contributed by atoms with van der Waals surface area (Å²) in [6.45, 7) is 0.802. The zero-order valence-corrected chi connectivity index (χ0v) is 8.93. The molecule has 0 radical (unpaired) electrons. The van der Waals surface area contributed by atoms with E-state index in [9.17, 15) is 0 Å². The molecule has 0 aliphatic heterocycles. The van der Waals surface area contributed by atoms with E-state index in [2.05, 4.69) is 10.3 Å². The van der Waals surface area contributed by atoms with Crippen LogP contribution in [-0.4, -0.2) is 31.8 Å². The number of aromatic nitrogens is 1. The fourth-order valence-corrected chi connectivity index (χ4v) is 1.87. The van der Waals surface area contributed by atoms with Gasteiger partial charge in [0.25, 0.3) is 0 Å². The third-order valence-electron chi connectivity index (χ3n) is 1.98. The maximum atomic E-state index is 5.04. The Morgan fingerprint density at radius 1 is 1.69 bits per heavy atom. The maximum Gasteiger partial charge on any atom is 0.0940 e. The van der Waals surface area contributed by atoms with Gasteiger partial charge in [-0.15, -0.1) is 11.3 Å². The molecule has 1 atom stereocenters. The van der Waals surface area contributed by atoms with Crippen molar-refractivity contribution in [2.75, 3.05) is 20.8 Å². The van der Waals surface area contributed by atoms with Crippen LogP contribution in [0.1, 0.15) is 11.4 Å². The number of methoxy groups -OCH3 is 1. The topological polar surface area (TPSA) is 34.1 Å². The standard InChI is InChI=1S/C9H16N2OS/c1-10-8(3-5-12-2)7-9-11-4-6-13-9/h4,6,8,10H,3,5,7H2,1-2H3. The second-order valence-corrected chi connectivity index (χ2v) is 3.88. The highest BCUT2D eigenvalue weighted by molar-refractivity contribution is 7.09. The quantitative estimate of drug-likeness (QED) is 0.752. The molecule has 0 spiro atoms. The molecule has 13 heavy (non-hydrogen) atoms. The van der Waals surface area contributed by atoms with Gasteiger partial charge in [0.1, 0.15) is 0 Å². The van der Waals surface area contributed by atoms with E-state index in [1.54, 1.807) is 18.4 Å². The highest BCUT2D eigenvalue weighted by Gasteiger charge is 2.07. The molecular formula is C9H16N2OS. The van der Waals surface area contributed by atoms with Gasteiger partial charge in [0, 0.05) is 37.8 Å². The van der Waals surface area contributed by atoms with Gasteiger partial charge in [0.15, 0.2) is 0 Å². The molecule has 1 unspecified atom stereocenters. The van der Waals surface area contributed by atoms with Crippen molar-refractivity contribution in [1.82, 2.24) is 10.3 Å². The number of likely N-dealkylation sites (N-methyl/N-ethyl adjacent to an activating group) is 1. The number of hydrogen-bond donors (Lipinski definition) is 1. The lowest BCUT2D eigenvalue weighted by Crippen LogP contribution is -2.28. The van der Waals surface area contributed by atoms with Crippen molar-refractivity contribution in [3.8, 4) is 0 Å². The molecule has 1 aromatic heterocycles. The minimum atomic E-state index is 0.478. The van der Waals surface area contributed by atoms with Crippen LogP contribution in [0, 0.1) is 0 Å². The van der Waals surface area contributed by atoms with Gasteiger partial charge in [0.2, 0.25) is 0 Å². The van der Waals surface area contributed by atoms with Crippen LogP contribution >= 0.6 is 11.3 Å². The molecule has 3 nitrogen and oxygen atoms in total. The molecule has 0 aromatic carbocycles. The van der Waals surface area contributed by atoms with Crippen molar-refractivity contribution in [2.24, 2.45) is 0 Å². The van der Waals surface area contributed by atoms with Crippen LogP contribution in [0.5, 0.6) is 0 Å². The molecule has 0 aliphatic carbocycles. The van der Waals surface area contributed by atoms with E-state index in [-0.39, 0.29) is 0 Å². The lowest BCUT2D eigenvalue weighted by Gasteiger charge is -2.13. The van der Waals surface area contributed by atoms with Gasteiger partial charge in [-0.2, -0.15) is 0 Å².